The van der Waals surface area contributed by atoms with E-state index < -0.39 is 5.60 Å². The molecule has 2 amide bonds. The molecular formula is C20H29N3O4. The molecule has 0 aromatic carbocycles. The standard InChI is InChI=1S/C20H29N3O4/c1-4-15(5-2)13-23-14-20(27-19(23)25)8-11-22(12-9-20)18(24)16-7-6-10-21-17(16)26-3/h6-7,10,15H,4-5,8-9,11-14H2,1-3H3. The summed E-state index contributed by atoms with van der Waals surface area (Å²) < 4.78 is 11.0. The highest BCUT2D eigenvalue weighted by Crippen LogP contribution is 2.34. The Balaban J connectivity index is 1.62. The molecule has 3 heterocycles. The normalized spacial score (nSPS) is 18.9. The highest BCUT2D eigenvalue weighted by molar-refractivity contribution is 5.96. The van der Waals surface area contributed by atoms with Crippen LogP contribution in [0.4, 0.5) is 4.79 Å². The van der Waals surface area contributed by atoms with E-state index in [9.17, 15) is 9.59 Å². The van der Waals surface area contributed by atoms with Gasteiger partial charge in [0.05, 0.1) is 13.7 Å². The van der Waals surface area contributed by atoms with Crippen LogP contribution in [0.1, 0.15) is 49.9 Å². The van der Waals surface area contributed by atoms with E-state index in [1.54, 1.807) is 23.2 Å². The molecule has 0 unspecified atom stereocenters. The van der Waals surface area contributed by atoms with Gasteiger partial charge in [0.2, 0.25) is 5.88 Å². The van der Waals surface area contributed by atoms with Crippen molar-refractivity contribution >= 4 is 12.0 Å². The number of hydrogen-bond donors (Lipinski definition) is 0. The van der Waals surface area contributed by atoms with Gasteiger partial charge in [-0.15, -0.1) is 0 Å². The van der Waals surface area contributed by atoms with Gasteiger partial charge in [0.25, 0.3) is 5.91 Å². The van der Waals surface area contributed by atoms with Crippen LogP contribution in [0, 0.1) is 5.92 Å². The van der Waals surface area contributed by atoms with Gasteiger partial charge in [-0.25, -0.2) is 9.78 Å². The van der Waals surface area contributed by atoms with Crippen LogP contribution in [-0.2, 0) is 4.74 Å². The van der Waals surface area contributed by atoms with E-state index in [2.05, 4.69) is 18.8 Å². The largest absolute Gasteiger partial charge is 0.480 e. The summed E-state index contributed by atoms with van der Waals surface area (Å²) >= 11 is 0. The van der Waals surface area contributed by atoms with E-state index in [1.165, 1.54) is 7.11 Å². The Hall–Kier alpha value is -2.31. The SMILES string of the molecule is CCC(CC)CN1CC2(CCN(C(=O)c3cccnc3OC)CC2)OC1=O. The fraction of sp³-hybridized carbons (Fsp3) is 0.650. The lowest BCUT2D eigenvalue weighted by Gasteiger charge is -2.37. The van der Waals surface area contributed by atoms with Crippen molar-refractivity contribution in [3.8, 4) is 5.88 Å². The Morgan fingerprint density at radius 2 is 2.04 bits per heavy atom. The van der Waals surface area contributed by atoms with E-state index in [1.807, 2.05) is 4.90 Å². The number of hydrogen-bond acceptors (Lipinski definition) is 5. The summed E-state index contributed by atoms with van der Waals surface area (Å²) in [7, 11) is 1.51. The average molecular weight is 375 g/mol. The van der Waals surface area contributed by atoms with Crippen LogP contribution in [0.5, 0.6) is 5.88 Å². The second kappa shape index (κ2) is 8.15. The van der Waals surface area contributed by atoms with Crippen molar-refractivity contribution in [3.63, 3.8) is 0 Å². The van der Waals surface area contributed by atoms with Crippen LogP contribution in [-0.4, -0.2) is 65.7 Å². The van der Waals surface area contributed by atoms with Gasteiger partial charge in [0.15, 0.2) is 0 Å². The molecule has 148 valence electrons. The molecule has 3 rings (SSSR count). The second-order valence-corrected chi connectivity index (χ2v) is 7.47. The molecule has 7 heteroatoms. The number of pyridine rings is 1. The van der Waals surface area contributed by atoms with Gasteiger partial charge < -0.3 is 19.3 Å². The van der Waals surface area contributed by atoms with Crippen LogP contribution >= 0.6 is 0 Å². The number of ether oxygens (including phenoxy) is 2. The Morgan fingerprint density at radius 1 is 1.33 bits per heavy atom. The van der Waals surface area contributed by atoms with Gasteiger partial charge in [0.1, 0.15) is 11.2 Å². The molecule has 1 spiro atoms. The Bertz CT molecular complexity index is 682. The number of nitrogens with zero attached hydrogens (tertiary/aromatic N) is 3. The van der Waals surface area contributed by atoms with Gasteiger partial charge in [-0.1, -0.05) is 26.7 Å². The van der Waals surface area contributed by atoms with Crippen molar-refractivity contribution in [1.29, 1.82) is 0 Å². The molecule has 27 heavy (non-hydrogen) atoms. The number of aromatic nitrogens is 1. The molecule has 0 radical (unpaired) electrons. The zero-order valence-corrected chi connectivity index (χ0v) is 16.4. The lowest BCUT2D eigenvalue weighted by molar-refractivity contribution is 0.00303. The molecule has 2 saturated heterocycles. The predicted molar refractivity (Wildman–Crippen MR) is 101 cm³/mol. The molecule has 0 bridgehead atoms. The van der Waals surface area contributed by atoms with Crippen molar-refractivity contribution in [2.75, 3.05) is 33.3 Å². The molecule has 1 aromatic heterocycles. The molecule has 2 aliphatic rings. The summed E-state index contributed by atoms with van der Waals surface area (Å²) in [6.45, 7) is 6.81. The predicted octanol–water partition coefficient (Wildman–Crippen LogP) is 2.95. The van der Waals surface area contributed by atoms with Crippen molar-refractivity contribution in [2.45, 2.75) is 45.1 Å². The van der Waals surface area contributed by atoms with Crippen LogP contribution in [0.15, 0.2) is 18.3 Å². The zero-order valence-electron chi connectivity index (χ0n) is 16.4. The number of amides is 2. The van der Waals surface area contributed by atoms with E-state index in [0.29, 0.717) is 49.8 Å². The summed E-state index contributed by atoms with van der Waals surface area (Å²) in [5.41, 5.74) is 0.00794. The molecule has 0 atom stereocenters. The number of likely N-dealkylation sites (tertiary alicyclic amines) is 1. The smallest absolute Gasteiger partial charge is 0.410 e. The monoisotopic (exact) mass is 375 g/mol. The van der Waals surface area contributed by atoms with Crippen LogP contribution in [0.3, 0.4) is 0 Å². The van der Waals surface area contributed by atoms with Crippen molar-refractivity contribution in [1.82, 2.24) is 14.8 Å². The summed E-state index contributed by atoms with van der Waals surface area (Å²) in [5, 5.41) is 0. The maximum absolute atomic E-state index is 12.8. The molecule has 0 aliphatic carbocycles. The summed E-state index contributed by atoms with van der Waals surface area (Å²) in [4.78, 5) is 32.9. The first-order valence-electron chi connectivity index (χ1n) is 9.78. The van der Waals surface area contributed by atoms with Gasteiger partial charge in [-0.3, -0.25) is 4.79 Å². The number of methoxy groups -OCH3 is 1. The topological polar surface area (TPSA) is 72.0 Å². The first kappa shape index (κ1) is 19.5. The van der Waals surface area contributed by atoms with Gasteiger partial charge >= 0.3 is 6.09 Å². The first-order valence-corrected chi connectivity index (χ1v) is 9.78. The minimum atomic E-state index is -0.459. The average Bonchev–Trinajstić information content (AvgIpc) is 3.00. The van der Waals surface area contributed by atoms with E-state index in [-0.39, 0.29) is 12.0 Å². The zero-order chi connectivity index (χ0) is 19.4. The Labute approximate surface area is 160 Å². The minimum Gasteiger partial charge on any atom is -0.480 e. The van der Waals surface area contributed by atoms with Crippen molar-refractivity contribution in [3.05, 3.63) is 23.9 Å². The third-order valence-corrected chi connectivity index (χ3v) is 5.83. The van der Waals surface area contributed by atoms with Crippen molar-refractivity contribution < 1.29 is 19.1 Å². The summed E-state index contributed by atoms with van der Waals surface area (Å²) in [6.07, 6.45) is 4.83. The molecule has 2 aliphatic heterocycles. The lowest BCUT2D eigenvalue weighted by atomic mass is 9.90. The molecule has 0 saturated carbocycles. The maximum Gasteiger partial charge on any atom is 0.410 e. The number of rotatable bonds is 6. The third-order valence-electron chi connectivity index (χ3n) is 5.83. The van der Waals surface area contributed by atoms with Gasteiger partial charge in [-0.05, 0) is 18.1 Å². The fourth-order valence-electron chi connectivity index (χ4n) is 3.96. The van der Waals surface area contributed by atoms with Gasteiger partial charge in [0, 0.05) is 38.7 Å². The van der Waals surface area contributed by atoms with Crippen LogP contribution < -0.4 is 4.74 Å². The van der Waals surface area contributed by atoms with Crippen molar-refractivity contribution in [2.24, 2.45) is 5.92 Å². The Kier molecular flexibility index (Phi) is 5.87. The van der Waals surface area contributed by atoms with E-state index in [4.69, 9.17) is 9.47 Å². The Morgan fingerprint density at radius 3 is 2.67 bits per heavy atom. The molecule has 2 fully saturated rings. The van der Waals surface area contributed by atoms with Crippen LogP contribution in [0.2, 0.25) is 0 Å². The first-order chi connectivity index (χ1) is 13.0. The maximum atomic E-state index is 12.8. The number of carbonyl (C=O) groups is 2. The highest BCUT2D eigenvalue weighted by Gasteiger charge is 2.47. The molecule has 7 nitrogen and oxygen atoms in total. The van der Waals surface area contributed by atoms with Crippen LogP contribution in [0.25, 0.3) is 0 Å². The highest BCUT2D eigenvalue weighted by atomic mass is 16.6. The summed E-state index contributed by atoms with van der Waals surface area (Å²) in [6, 6.07) is 3.46. The third kappa shape index (κ3) is 4.01. The van der Waals surface area contributed by atoms with E-state index in [0.717, 1.165) is 19.4 Å². The molecule has 0 N–H and O–H groups in total. The second-order valence-electron chi connectivity index (χ2n) is 7.47. The quantitative estimate of drug-likeness (QED) is 0.764. The summed E-state index contributed by atoms with van der Waals surface area (Å²) in [5.74, 6) is 0.756. The lowest BCUT2D eigenvalue weighted by Crippen LogP contribution is -2.49. The fourth-order valence-corrected chi connectivity index (χ4v) is 3.96. The number of carbonyl (C=O) groups excluding carboxylic acids is 2. The number of piperidine rings is 1. The minimum absolute atomic E-state index is 0.0898. The van der Waals surface area contributed by atoms with Gasteiger partial charge in [-0.2, -0.15) is 0 Å². The molecular weight excluding hydrogens is 346 g/mol. The van der Waals surface area contributed by atoms with E-state index >= 15 is 0 Å². The molecule has 1 aromatic rings.